The highest BCUT2D eigenvalue weighted by Crippen LogP contribution is 2.32. The Balaban J connectivity index is 1.72. The molecule has 4 heteroatoms. The van der Waals surface area contributed by atoms with E-state index in [2.05, 4.69) is 31.2 Å². The summed E-state index contributed by atoms with van der Waals surface area (Å²) in [5, 5.41) is 0. The number of esters is 1. The SMILES string of the molecule is CCCCCCCCCCC[C@H](C[C@H]1OC(=O)[C@@H]1CCCCCCl)OCc1ccccc1. The van der Waals surface area contributed by atoms with Gasteiger partial charge in [-0.25, -0.2) is 0 Å². The molecule has 1 fully saturated rings. The predicted molar refractivity (Wildman–Crippen MR) is 134 cm³/mol. The quantitative estimate of drug-likeness (QED) is 0.111. The van der Waals surface area contributed by atoms with E-state index in [1.807, 2.05) is 6.07 Å². The Labute approximate surface area is 201 Å². The normalized spacial score (nSPS) is 18.9. The summed E-state index contributed by atoms with van der Waals surface area (Å²) in [4.78, 5) is 12.0. The van der Waals surface area contributed by atoms with Crippen molar-refractivity contribution < 1.29 is 14.3 Å². The number of alkyl halides is 1. The summed E-state index contributed by atoms with van der Waals surface area (Å²) in [6.07, 6.45) is 18.1. The van der Waals surface area contributed by atoms with E-state index in [0.29, 0.717) is 12.5 Å². The number of carbonyl (C=O) groups is 1. The first kappa shape index (κ1) is 27.2. The van der Waals surface area contributed by atoms with Gasteiger partial charge in [0.25, 0.3) is 0 Å². The van der Waals surface area contributed by atoms with Crippen molar-refractivity contribution in [2.24, 2.45) is 5.92 Å². The molecule has 0 unspecified atom stereocenters. The van der Waals surface area contributed by atoms with Gasteiger partial charge in [0, 0.05) is 12.3 Å². The van der Waals surface area contributed by atoms with Gasteiger partial charge < -0.3 is 9.47 Å². The average molecular weight is 465 g/mol. The molecular formula is C28H45ClO3. The number of hydrogen-bond donors (Lipinski definition) is 0. The molecule has 0 aromatic heterocycles. The van der Waals surface area contributed by atoms with Crippen molar-refractivity contribution in [2.45, 2.75) is 122 Å². The molecule has 0 N–H and O–H groups in total. The minimum atomic E-state index is -0.0224. The van der Waals surface area contributed by atoms with E-state index in [1.165, 1.54) is 63.4 Å². The molecule has 1 aliphatic rings. The summed E-state index contributed by atoms with van der Waals surface area (Å²) in [7, 11) is 0. The Bertz CT molecular complexity index is 592. The Kier molecular flexibility index (Phi) is 14.8. The van der Waals surface area contributed by atoms with Gasteiger partial charge >= 0.3 is 5.97 Å². The van der Waals surface area contributed by atoms with E-state index >= 15 is 0 Å². The van der Waals surface area contributed by atoms with Gasteiger partial charge in [0.05, 0.1) is 18.6 Å². The highest BCUT2D eigenvalue weighted by molar-refractivity contribution is 6.17. The third kappa shape index (κ3) is 11.2. The number of carbonyl (C=O) groups excluding carboxylic acids is 1. The fourth-order valence-corrected chi connectivity index (χ4v) is 4.74. The van der Waals surface area contributed by atoms with Crippen molar-refractivity contribution in [1.29, 1.82) is 0 Å². The molecule has 1 saturated heterocycles. The Morgan fingerprint density at radius 3 is 2.22 bits per heavy atom. The van der Waals surface area contributed by atoms with E-state index in [1.54, 1.807) is 0 Å². The second kappa shape index (κ2) is 17.4. The van der Waals surface area contributed by atoms with Crippen LogP contribution in [0.4, 0.5) is 0 Å². The molecule has 2 rings (SSSR count). The van der Waals surface area contributed by atoms with Gasteiger partial charge in [-0.2, -0.15) is 0 Å². The number of cyclic esters (lactones) is 1. The number of benzene rings is 1. The Morgan fingerprint density at radius 1 is 0.906 bits per heavy atom. The molecule has 32 heavy (non-hydrogen) atoms. The van der Waals surface area contributed by atoms with E-state index in [9.17, 15) is 4.79 Å². The van der Waals surface area contributed by atoms with Crippen molar-refractivity contribution in [3.63, 3.8) is 0 Å². The van der Waals surface area contributed by atoms with E-state index in [4.69, 9.17) is 21.1 Å². The van der Waals surface area contributed by atoms with Crippen molar-refractivity contribution >= 4 is 17.6 Å². The van der Waals surface area contributed by atoms with Gasteiger partial charge in [-0.15, -0.1) is 11.6 Å². The lowest BCUT2D eigenvalue weighted by atomic mass is 9.86. The summed E-state index contributed by atoms with van der Waals surface area (Å²) in [5.41, 5.74) is 1.20. The zero-order valence-corrected chi connectivity index (χ0v) is 21.0. The zero-order valence-electron chi connectivity index (χ0n) is 20.2. The van der Waals surface area contributed by atoms with Crippen LogP contribution in [0.3, 0.4) is 0 Å². The van der Waals surface area contributed by atoms with Gasteiger partial charge in [-0.05, 0) is 24.8 Å². The smallest absolute Gasteiger partial charge is 0.313 e. The monoisotopic (exact) mass is 464 g/mol. The first-order valence-electron chi connectivity index (χ1n) is 13.2. The Morgan fingerprint density at radius 2 is 1.56 bits per heavy atom. The third-order valence-electron chi connectivity index (χ3n) is 6.62. The van der Waals surface area contributed by atoms with Gasteiger partial charge in [0.15, 0.2) is 0 Å². The molecule has 0 amide bonds. The molecule has 3 nitrogen and oxygen atoms in total. The van der Waals surface area contributed by atoms with Crippen LogP contribution in [0.1, 0.15) is 109 Å². The summed E-state index contributed by atoms with van der Waals surface area (Å²) in [6.45, 7) is 2.90. The van der Waals surface area contributed by atoms with Gasteiger partial charge in [0.1, 0.15) is 6.10 Å². The number of hydrogen-bond acceptors (Lipinski definition) is 3. The van der Waals surface area contributed by atoms with Crippen LogP contribution in [0, 0.1) is 5.92 Å². The van der Waals surface area contributed by atoms with Crippen molar-refractivity contribution in [1.82, 2.24) is 0 Å². The van der Waals surface area contributed by atoms with Gasteiger partial charge in [-0.1, -0.05) is 108 Å². The van der Waals surface area contributed by atoms with E-state index in [0.717, 1.165) is 38.5 Å². The lowest BCUT2D eigenvalue weighted by molar-refractivity contribution is -0.190. The maximum absolute atomic E-state index is 12.0. The second-order valence-corrected chi connectivity index (χ2v) is 9.77. The highest BCUT2D eigenvalue weighted by atomic mass is 35.5. The van der Waals surface area contributed by atoms with Crippen molar-refractivity contribution in [3.05, 3.63) is 35.9 Å². The molecule has 182 valence electrons. The van der Waals surface area contributed by atoms with E-state index in [-0.39, 0.29) is 24.1 Å². The fraction of sp³-hybridized carbons (Fsp3) is 0.750. The van der Waals surface area contributed by atoms with Crippen LogP contribution in [-0.4, -0.2) is 24.1 Å². The molecule has 1 aliphatic heterocycles. The van der Waals surface area contributed by atoms with Crippen molar-refractivity contribution in [2.75, 3.05) is 5.88 Å². The number of halogens is 1. The van der Waals surface area contributed by atoms with Crippen LogP contribution in [-0.2, 0) is 20.9 Å². The molecule has 1 aromatic rings. The number of rotatable bonds is 20. The molecule has 1 aromatic carbocycles. The fourth-order valence-electron chi connectivity index (χ4n) is 4.55. The lowest BCUT2D eigenvalue weighted by Crippen LogP contribution is -2.47. The second-order valence-electron chi connectivity index (χ2n) is 9.39. The standard InChI is InChI=1S/C28H45ClO3/c1-2-3-4-5-6-7-8-9-14-19-25(31-23-24-17-12-10-13-18-24)22-27-26(28(30)32-27)20-15-11-16-21-29/h10,12-13,17-18,25-27H,2-9,11,14-16,19-23H2,1H3/t25-,26-,27-/m1/s1. The number of ether oxygens (including phenoxy) is 2. The van der Waals surface area contributed by atoms with Gasteiger partial charge in [-0.3, -0.25) is 4.79 Å². The van der Waals surface area contributed by atoms with Crippen LogP contribution < -0.4 is 0 Å². The number of unbranched alkanes of at least 4 members (excludes halogenated alkanes) is 10. The molecule has 3 atom stereocenters. The molecule has 0 bridgehead atoms. The Hall–Kier alpha value is -1.06. The minimum absolute atomic E-state index is 0.0224. The largest absolute Gasteiger partial charge is 0.461 e. The summed E-state index contributed by atoms with van der Waals surface area (Å²) < 4.78 is 11.9. The third-order valence-corrected chi connectivity index (χ3v) is 6.89. The lowest BCUT2D eigenvalue weighted by Gasteiger charge is -2.37. The van der Waals surface area contributed by atoms with Crippen LogP contribution in [0.5, 0.6) is 0 Å². The molecule has 0 radical (unpaired) electrons. The summed E-state index contributed by atoms with van der Waals surface area (Å²) in [5.74, 6) is 0.731. The minimum Gasteiger partial charge on any atom is -0.461 e. The molecule has 0 aliphatic carbocycles. The van der Waals surface area contributed by atoms with Crippen LogP contribution >= 0.6 is 11.6 Å². The van der Waals surface area contributed by atoms with Crippen LogP contribution in [0.25, 0.3) is 0 Å². The average Bonchev–Trinajstić information content (AvgIpc) is 2.81. The molecule has 0 spiro atoms. The summed E-state index contributed by atoms with van der Waals surface area (Å²) >= 11 is 5.78. The maximum Gasteiger partial charge on any atom is 0.313 e. The summed E-state index contributed by atoms with van der Waals surface area (Å²) in [6, 6.07) is 10.4. The first-order chi connectivity index (χ1) is 15.7. The van der Waals surface area contributed by atoms with E-state index < -0.39 is 0 Å². The first-order valence-corrected chi connectivity index (χ1v) is 13.7. The molecule has 0 saturated carbocycles. The molecular weight excluding hydrogens is 420 g/mol. The predicted octanol–water partition coefficient (Wildman–Crippen LogP) is 8.22. The van der Waals surface area contributed by atoms with Crippen LogP contribution in [0.15, 0.2) is 30.3 Å². The highest BCUT2D eigenvalue weighted by Gasteiger charge is 2.42. The van der Waals surface area contributed by atoms with Crippen molar-refractivity contribution in [3.8, 4) is 0 Å². The van der Waals surface area contributed by atoms with Crippen LogP contribution in [0.2, 0.25) is 0 Å². The van der Waals surface area contributed by atoms with Gasteiger partial charge in [0.2, 0.25) is 0 Å². The molecule has 1 heterocycles. The maximum atomic E-state index is 12.0. The zero-order chi connectivity index (χ0) is 22.9. The topological polar surface area (TPSA) is 35.5 Å².